The fourth-order valence-corrected chi connectivity index (χ4v) is 3.31. The van der Waals surface area contributed by atoms with Crippen molar-refractivity contribution < 1.29 is 28.6 Å². The normalized spacial score (nSPS) is 12.0. The number of hydrogen-bond donors (Lipinski definition) is 4. The molecule has 9 nitrogen and oxygen atoms in total. The summed E-state index contributed by atoms with van der Waals surface area (Å²) in [6.07, 6.45) is 6.19. The van der Waals surface area contributed by atoms with Gasteiger partial charge in [-0.15, -0.1) is 0 Å². The van der Waals surface area contributed by atoms with Gasteiger partial charge < -0.3 is 31.1 Å². The maximum atomic E-state index is 13.0. The number of nitrogens with two attached hydrogens (primary N) is 1. The molecule has 2 aromatic carbocycles. The molecule has 1 aliphatic rings. The molecule has 2 aromatic rings. The highest BCUT2D eigenvalue weighted by Crippen LogP contribution is 2.19. The van der Waals surface area contributed by atoms with Gasteiger partial charge in [0.15, 0.2) is 0 Å². The van der Waals surface area contributed by atoms with E-state index in [4.69, 9.17) is 10.5 Å². The standard InChI is InChI=1S/C25H33FN4O5.C3H6.C2H6/c1-30(17-23(31)29-21(25(33)34)15-18-8-10-20(26)11-9-18)24(32)16-28-13-14-35-22-7-3-2-5-19(22)6-4-12-27;1-2-3-1;1-2/h2-3,5,7-11,21,28H,4,6,12-17,27H2,1H3,(H,29,31)(H,33,34);1-3H2;1-2H3. The Kier molecular flexibility index (Phi) is 17.6. The maximum absolute atomic E-state index is 13.0. The van der Waals surface area contributed by atoms with E-state index in [2.05, 4.69) is 10.6 Å². The number of amides is 2. The van der Waals surface area contributed by atoms with Gasteiger partial charge in [0, 0.05) is 20.0 Å². The first-order valence-electron chi connectivity index (χ1n) is 13.9. The number of rotatable bonds is 15. The van der Waals surface area contributed by atoms with Gasteiger partial charge in [0.2, 0.25) is 11.8 Å². The molecule has 0 spiro atoms. The number of carboxylic acid groups (broad SMARTS) is 1. The fourth-order valence-electron chi connectivity index (χ4n) is 3.31. The molecule has 0 radical (unpaired) electrons. The molecular weight excluding hydrogens is 515 g/mol. The zero-order chi connectivity index (χ0) is 29.8. The quantitative estimate of drug-likeness (QED) is 0.246. The van der Waals surface area contributed by atoms with Crippen LogP contribution >= 0.6 is 0 Å². The highest BCUT2D eigenvalue weighted by atomic mass is 19.1. The number of hydrogen-bond acceptors (Lipinski definition) is 6. The Morgan fingerprint density at radius 3 is 2.33 bits per heavy atom. The molecule has 3 rings (SSSR count). The van der Waals surface area contributed by atoms with E-state index in [1.165, 1.54) is 55.5 Å². The van der Waals surface area contributed by atoms with Crippen molar-refractivity contribution in [1.29, 1.82) is 0 Å². The van der Waals surface area contributed by atoms with Crippen molar-refractivity contribution in [2.24, 2.45) is 5.73 Å². The number of likely N-dealkylation sites (N-methyl/N-ethyl adjacent to an activating group) is 1. The van der Waals surface area contributed by atoms with Crippen LogP contribution in [0, 0.1) is 5.82 Å². The van der Waals surface area contributed by atoms with E-state index in [1.807, 2.05) is 38.1 Å². The van der Waals surface area contributed by atoms with Crippen LogP contribution in [-0.2, 0) is 27.2 Å². The molecule has 0 heterocycles. The zero-order valence-corrected chi connectivity index (χ0v) is 24.0. The van der Waals surface area contributed by atoms with Crippen LogP contribution in [0.1, 0.15) is 50.7 Å². The summed E-state index contributed by atoms with van der Waals surface area (Å²) in [7, 11) is 1.46. The summed E-state index contributed by atoms with van der Waals surface area (Å²) < 4.78 is 18.8. The minimum Gasteiger partial charge on any atom is -0.492 e. The zero-order valence-electron chi connectivity index (χ0n) is 24.0. The number of nitrogens with zero attached hydrogens (tertiary/aromatic N) is 1. The number of aryl methyl sites for hydroxylation is 1. The number of carbonyl (C=O) groups excluding carboxylic acids is 2. The van der Waals surface area contributed by atoms with E-state index in [0.717, 1.165) is 24.2 Å². The minimum atomic E-state index is -1.22. The number of carboxylic acids is 1. The number of carbonyl (C=O) groups is 3. The summed E-state index contributed by atoms with van der Waals surface area (Å²) in [4.78, 5) is 37.3. The highest BCUT2D eigenvalue weighted by molar-refractivity contribution is 5.88. The molecule has 222 valence electrons. The SMILES string of the molecule is C1CC1.CC.CN(CC(=O)NC(Cc1ccc(F)cc1)C(=O)O)C(=O)CNCCOc1ccccc1CCCN. The summed E-state index contributed by atoms with van der Waals surface area (Å²) in [6.45, 7) is 5.10. The van der Waals surface area contributed by atoms with Crippen LogP contribution in [0.3, 0.4) is 0 Å². The summed E-state index contributed by atoms with van der Waals surface area (Å²) in [6, 6.07) is 11.9. The van der Waals surface area contributed by atoms with Crippen molar-refractivity contribution in [2.75, 3.05) is 39.8 Å². The van der Waals surface area contributed by atoms with Crippen LogP contribution in [0.25, 0.3) is 0 Å². The number of halogens is 1. The van der Waals surface area contributed by atoms with Crippen LogP contribution < -0.4 is 21.1 Å². The molecule has 5 N–H and O–H groups in total. The van der Waals surface area contributed by atoms with Gasteiger partial charge in [-0.05, 0) is 48.7 Å². The Morgan fingerprint density at radius 1 is 1.07 bits per heavy atom. The average molecular weight is 561 g/mol. The molecule has 10 heteroatoms. The van der Waals surface area contributed by atoms with E-state index in [-0.39, 0.29) is 25.4 Å². The molecule has 0 aliphatic heterocycles. The first-order valence-corrected chi connectivity index (χ1v) is 13.9. The van der Waals surface area contributed by atoms with Crippen molar-refractivity contribution in [2.45, 2.75) is 58.4 Å². The van der Waals surface area contributed by atoms with E-state index in [0.29, 0.717) is 25.3 Å². The minimum absolute atomic E-state index is 0.000100. The summed E-state index contributed by atoms with van der Waals surface area (Å²) in [5.74, 6) is -1.79. The lowest BCUT2D eigenvalue weighted by Crippen LogP contribution is -2.48. The number of nitrogens with one attached hydrogen (secondary N) is 2. The van der Waals surface area contributed by atoms with Crippen molar-refractivity contribution >= 4 is 17.8 Å². The van der Waals surface area contributed by atoms with Gasteiger partial charge in [-0.25, -0.2) is 9.18 Å². The van der Waals surface area contributed by atoms with E-state index < -0.39 is 23.7 Å². The molecule has 0 saturated heterocycles. The first kappa shape index (κ1) is 34.5. The average Bonchev–Trinajstić information content (AvgIpc) is 3.84. The monoisotopic (exact) mass is 560 g/mol. The Hall–Kier alpha value is -3.50. The molecule has 1 saturated carbocycles. The Bertz CT molecular complexity index is 1010. The van der Waals surface area contributed by atoms with Gasteiger partial charge in [-0.2, -0.15) is 0 Å². The van der Waals surface area contributed by atoms with Crippen LogP contribution in [0.5, 0.6) is 5.75 Å². The number of aliphatic carboxylic acids is 1. The molecule has 40 heavy (non-hydrogen) atoms. The topological polar surface area (TPSA) is 134 Å². The predicted octanol–water partition coefficient (Wildman–Crippen LogP) is 3.15. The fraction of sp³-hybridized carbons (Fsp3) is 0.500. The summed E-state index contributed by atoms with van der Waals surface area (Å²) in [5, 5.41) is 14.8. The number of para-hydroxylation sites is 1. The van der Waals surface area contributed by atoms with E-state index in [9.17, 15) is 23.9 Å². The Labute approximate surface area is 237 Å². The largest absolute Gasteiger partial charge is 0.492 e. The lowest BCUT2D eigenvalue weighted by Gasteiger charge is -2.20. The lowest BCUT2D eigenvalue weighted by molar-refractivity contribution is -0.142. The molecule has 1 aliphatic carbocycles. The van der Waals surface area contributed by atoms with Gasteiger partial charge in [-0.3, -0.25) is 9.59 Å². The molecule has 2 amide bonds. The first-order chi connectivity index (χ1) is 19.3. The number of benzene rings is 2. The van der Waals surface area contributed by atoms with E-state index >= 15 is 0 Å². The number of ether oxygens (including phenoxy) is 1. The molecular formula is C30H45FN4O5. The van der Waals surface area contributed by atoms with Crippen LogP contribution in [-0.4, -0.2) is 73.7 Å². The maximum Gasteiger partial charge on any atom is 0.326 e. The second-order valence-corrected chi connectivity index (χ2v) is 9.12. The second-order valence-electron chi connectivity index (χ2n) is 9.12. The van der Waals surface area contributed by atoms with Crippen LogP contribution in [0.15, 0.2) is 48.5 Å². The molecule has 0 bridgehead atoms. The molecule has 0 aromatic heterocycles. The third-order valence-electron chi connectivity index (χ3n) is 5.58. The van der Waals surface area contributed by atoms with Gasteiger partial charge in [-0.1, -0.05) is 63.4 Å². The van der Waals surface area contributed by atoms with Crippen molar-refractivity contribution in [1.82, 2.24) is 15.5 Å². The van der Waals surface area contributed by atoms with Crippen LogP contribution in [0.2, 0.25) is 0 Å². The van der Waals surface area contributed by atoms with Crippen molar-refractivity contribution in [3.63, 3.8) is 0 Å². The summed E-state index contributed by atoms with van der Waals surface area (Å²) >= 11 is 0. The highest BCUT2D eigenvalue weighted by Gasteiger charge is 2.22. The van der Waals surface area contributed by atoms with Crippen molar-refractivity contribution in [3.05, 3.63) is 65.5 Å². The third-order valence-corrected chi connectivity index (χ3v) is 5.58. The van der Waals surface area contributed by atoms with Gasteiger partial charge in [0.25, 0.3) is 0 Å². The third kappa shape index (κ3) is 15.2. The van der Waals surface area contributed by atoms with Gasteiger partial charge in [0.05, 0.1) is 13.1 Å². The van der Waals surface area contributed by atoms with Gasteiger partial charge in [0.1, 0.15) is 24.2 Å². The lowest BCUT2D eigenvalue weighted by atomic mass is 10.1. The Balaban J connectivity index is 0.00000146. The van der Waals surface area contributed by atoms with Crippen molar-refractivity contribution in [3.8, 4) is 5.75 Å². The van der Waals surface area contributed by atoms with Gasteiger partial charge >= 0.3 is 5.97 Å². The van der Waals surface area contributed by atoms with E-state index in [1.54, 1.807) is 0 Å². The summed E-state index contributed by atoms with van der Waals surface area (Å²) in [5.41, 5.74) is 7.22. The molecule has 1 unspecified atom stereocenters. The predicted molar refractivity (Wildman–Crippen MR) is 155 cm³/mol. The molecule has 1 atom stereocenters. The smallest absolute Gasteiger partial charge is 0.326 e. The Morgan fingerprint density at radius 2 is 1.73 bits per heavy atom. The molecule has 1 fully saturated rings. The second kappa shape index (κ2) is 20.4. The van der Waals surface area contributed by atoms with Crippen LogP contribution in [0.4, 0.5) is 4.39 Å².